The second-order valence-electron chi connectivity index (χ2n) is 5.01. The van der Waals surface area contributed by atoms with Crippen molar-refractivity contribution in [2.75, 3.05) is 13.2 Å². The first-order chi connectivity index (χ1) is 11.3. The monoisotopic (exact) mass is 360 g/mol. The molecule has 0 radical (unpaired) electrons. The van der Waals surface area contributed by atoms with E-state index in [9.17, 15) is 14.4 Å². The van der Waals surface area contributed by atoms with Crippen molar-refractivity contribution in [2.45, 2.75) is 24.9 Å². The first-order valence-corrected chi connectivity index (χ1v) is 8.49. The van der Waals surface area contributed by atoms with Gasteiger partial charge in [-0.15, -0.1) is 0 Å². The molecule has 24 heavy (non-hydrogen) atoms. The summed E-state index contributed by atoms with van der Waals surface area (Å²) in [7, 11) is -4.92. The molecule has 2 aromatic heterocycles. The molecule has 0 aliphatic heterocycles. The van der Waals surface area contributed by atoms with Crippen LogP contribution in [0.5, 0.6) is 0 Å². The summed E-state index contributed by atoms with van der Waals surface area (Å²) in [6, 6.07) is -0.730. The van der Waals surface area contributed by atoms with E-state index in [4.69, 9.17) is 16.6 Å². The van der Waals surface area contributed by atoms with Crippen molar-refractivity contribution in [3.05, 3.63) is 36.4 Å². The Morgan fingerprint density at radius 3 is 2.00 bits per heavy atom. The maximum atomic E-state index is 10.1. The number of aromatic nitrogens is 4. The number of H-pyrrole nitrogens is 2. The fraction of sp³-hybridized carbons (Fsp3) is 0.500. The highest BCUT2D eigenvalue weighted by molar-refractivity contribution is 7.43. The lowest BCUT2D eigenvalue weighted by molar-refractivity contribution is -0.341. The van der Waals surface area contributed by atoms with Gasteiger partial charge >= 0.3 is 0 Å². The summed E-state index contributed by atoms with van der Waals surface area (Å²) in [5.74, 6) is 0. The van der Waals surface area contributed by atoms with Crippen LogP contribution in [0.2, 0.25) is 0 Å². The number of nitrogens with zero attached hydrogens (tertiary/aromatic N) is 2. The number of hydrogen-bond donors (Lipinski definition) is 5. The highest BCUT2D eigenvalue weighted by Crippen LogP contribution is 2.24. The van der Waals surface area contributed by atoms with Crippen LogP contribution in [0.15, 0.2) is 25.0 Å². The fourth-order valence-corrected chi connectivity index (χ4v) is 2.04. The number of aliphatic hydroxyl groups excluding tert-OH is 1. The summed E-state index contributed by atoms with van der Waals surface area (Å²) in [5, 5.41) is 8.57. The Bertz CT molecular complexity index is 587. The van der Waals surface area contributed by atoms with Gasteiger partial charge in [0.25, 0.3) is 0 Å². The van der Waals surface area contributed by atoms with E-state index >= 15 is 0 Å². The standard InChI is InChI=1S/C6H12N3O4P.C6H11N3O/c7-5(3-13-14(10,11)12)1-6-2-8-4-9-6;7-5(3-10)1-6-2-8-4-9-6/h2,4-5H,1,3,7H2,(H,8,9)(H2,10,11,12);2,4-5,10H,1,3,7H2,(H,8,9)/p-2. The van der Waals surface area contributed by atoms with Crippen LogP contribution in [-0.4, -0.2) is 50.3 Å². The summed E-state index contributed by atoms with van der Waals surface area (Å²) in [6.45, 7) is -0.303. The van der Waals surface area contributed by atoms with Crippen LogP contribution in [0.4, 0.5) is 0 Å². The maximum Gasteiger partial charge on any atom is 0.0921 e. The average molecular weight is 360 g/mol. The largest absolute Gasteiger partial charge is 0.790 e. The molecule has 0 aromatic carbocycles. The quantitative estimate of drug-likeness (QED) is 0.313. The normalized spacial score (nSPS) is 13.9. The number of phosphoric acid groups is 1. The Hall–Kier alpha value is -1.59. The average Bonchev–Trinajstić information content (AvgIpc) is 3.19. The van der Waals surface area contributed by atoms with E-state index < -0.39 is 13.9 Å². The maximum absolute atomic E-state index is 10.1. The van der Waals surface area contributed by atoms with Crippen LogP contribution in [0.3, 0.4) is 0 Å². The lowest BCUT2D eigenvalue weighted by Crippen LogP contribution is -2.30. The zero-order valence-corrected chi connectivity index (χ0v) is 13.8. The molecule has 0 saturated heterocycles. The Morgan fingerprint density at radius 2 is 1.62 bits per heavy atom. The van der Waals surface area contributed by atoms with Crippen LogP contribution in [0.25, 0.3) is 0 Å². The Labute approximate surface area is 138 Å². The molecule has 7 N–H and O–H groups in total. The molecule has 0 saturated carbocycles. The fourth-order valence-electron chi connectivity index (χ4n) is 1.67. The molecule has 2 heterocycles. The smallest absolute Gasteiger partial charge is 0.0921 e. The van der Waals surface area contributed by atoms with E-state index in [2.05, 4.69) is 24.5 Å². The van der Waals surface area contributed by atoms with Crippen molar-refractivity contribution in [3.8, 4) is 0 Å². The number of aliphatic hydroxyl groups is 1. The number of rotatable bonds is 8. The van der Waals surface area contributed by atoms with E-state index in [0.717, 1.165) is 11.4 Å². The molecule has 0 bridgehead atoms. The van der Waals surface area contributed by atoms with Crippen LogP contribution >= 0.6 is 7.82 Å². The zero-order valence-electron chi connectivity index (χ0n) is 12.9. The molecule has 0 amide bonds. The predicted octanol–water partition coefficient (Wildman–Crippen LogP) is -2.60. The molecular weight excluding hydrogens is 339 g/mol. The third kappa shape index (κ3) is 9.53. The Morgan fingerprint density at radius 1 is 1.12 bits per heavy atom. The molecule has 0 aliphatic rings. The number of nitrogens with two attached hydrogens (primary N) is 2. The van der Waals surface area contributed by atoms with Crippen molar-refractivity contribution in [1.29, 1.82) is 0 Å². The molecule has 136 valence electrons. The number of imidazole rings is 2. The molecule has 2 rings (SSSR count). The lowest BCUT2D eigenvalue weighted by atomic mass is 10.2. The van der Waals surface area contributed by atoms with Gasteiger partial charge in [0.1, 0.15) is 0 Å². The SMILES string of the molecule is NC(CO)Cc1cnc[nH]1.NC(COP(=O)([O-])[O-])Cc1cnc[nH]1. The number of aromatic amines is 2. The molecule has 0 fully saturated rings. The van der Waals surface area contributed by atoms with Gasteiger partial charge in [0.2, 0.25) is 0 Å². The van der Waals surface area contributed by atoms with Gasteiger partial charge in [0.05, 0.1) is 33.7 Å². The number of phosphoric ester groups is 1. The van der Waals surface area contributed by atoms with Crippen molar-refractivity contribution in [1.82, 2.24) is 19.9 Å². The molecule has 2 unspecified atom stereocenters. The van der Waals surface area contributed by atoms with Gasteiger partial charge in [-0.3, -0.25) is 0 Å². The predicted molar refractivity (Wildman–Crippen MR) is 81.2 cm³/mol. The van der Waals surface area contributed by atoms with Crippen molar-refractivity contribution >= 4 is 7.82 Å². The van der Waals surface area contributed by atoms with E-state index in [-0.39, 0.29) is 19.3 Å². The minimum atomic E-state index is -4.92. The van der Waals surface area contributed by atoms with Crippen LogP contribution in [-0.2, 0) is 21.9 Å². The molecule has 2 atom stereocenters. The minimum absolute atomic E-state index is 0.0129. The van der Waals surface area contributed by atoms with E-state index in [1.165, 1.54) is 6.33 Å². The van der Waals surface area contributed by atoms with E-state index in [1.54, 1.807) is 18.7 Å². The highest BCUT2D eigenvalue weighted by atomic mass is 31.2. The Kier molecular flexibility index (Phi) is 8.79. The third-order valence-corrected chi connectivity index (χ3v) is 3.22. The van der Waals surface area contributed by atoms with Gasteiger partial charge in [-0.05, 0) is 0 Å². The van der Waals surface area contributed by atoms with Crippen LogP contribution in [0.1, 0.15) is 11.4 Å². The molecule has 0 spiro atoms. The molecule has 12 heteroatoms. The Balaban J connectivity index is 0.000000254. The second kappa shape index (κ2) is 10.3. The summed E-state index contributed by atoms with van der Waals surface area (Å²) >= 11 is 0. The molecular formula is C12H21N6O5P-2. The summed E-state index contributed by atoms with van der Waals surface area (Å²) in [5.41, 5.74) is 12.7. The molecule has 0 aliphatic carbocycles. The van der Waals surface area contributed by atoms with Gasteiger partial charge in [0, 0.05) is 48.7 Å². The van der Waals surface area contributed by atoms with E-state index in [0.29, 0.717) is 12.8 Å². The van der Waals surface area contributed by atoms with Crippen molar-refractivity contribution < 1.29 is 24.0 Å². The first-order valence-electron chi connectivity index (χ1n) is 7.03. The van der Waals surface area contributed by atoms with Gasteiger partial charge < -0.3 is 45.4 Å². The topological polar surface area (TPSA) is 202 Å². The van der Waals surface area contributed by atoms with Gasteiger partial charge in [0.15, 0.2) is 0 Å². The summed E-state index contributed by atoms with van der Waals surface area (Å²) < 4.78 is 14.1. The summed E-state index contributed by atoms with van der Waals surface area (Å²) in [6.07, 6.45) is 7.37. The van der Waals surface area contributed by atoms with Crippen molar-refractivity contribution in [3.63, 3.8) is 0 Å². The first kappa shape index (κ1) is 20.5. The van der Waals surface area contributed by atoms with Crippen molar-refractivity contribution in [2.24, 2.45) is 11.5 Å². The zero-order chi connectivity index (χ0) is 18.0. The number of nitrogens with one attached hydrogen (secondary N) is 2. The van der Waals surface area contributed by atoms with Crippen LogP contribution < -0.4 is 21.3 Å². The minimum Gasteiger partial charge on any atom is -0.790 e. The summed E-state index contributed by atoms with van der Waals surface area (Å²) in [4.78, 5) is 33.5. The van der Waals surface area contributed by atoms with Gasteiger partial charge in [-0.1, -0.05) is 0 Å². The van der Waals surface area contributed by atoms with Crippen LogP contribution in [0, 0.1) is 0 Å². The van der Waals surface area contributed by atoms with Gasteiger partial charge in [-0.2, -0.15) is 0 Å². The van der Waals surface area contributed by atoms with Gasteiger partial charge in [-0.25, -0.2) is 9.97 Å². The second-order valence-corrected chi connectivity index (χ2v) is 6.16. The van der Waals surface area contributed by atoms with E-state index in [1.807, 2.05) is 0 Å². The highest BCUT2D eigenvalue weighted by Gasteiger charge is 2.06. The molecule has 2 aromatic rings. The lowest BCUT2D eigenvalue weighted by Gasteiger charge is -2.29. The number of hydrogen-bond acceptors (Lipinski definition) is 9. The molecule has 11 nitrogen and oxygen atoms in total. The third-order valence-electron chi connectivity index (χ3n) is 2.76.